The minimum Gasteiger partial charge on any atom is -0.378 e. The first kappa shape index (κ1) is 14.3. The van der Waals surface area contributed by atoms with Crippen molar-refractivity contribution in [2.45, 2.75) is 71.9 Å². The summed E-state index contributed by atoms with van der Waals surface area (Å²) in [6, 6.07) is 0.839. The van der Waals surface area contributed by atoms with Gasteiger partial charge in [-0.2, -0.15) is 0 Å². The summed E-state index contributed by atoms with van der Waals surface area (Å²) >= 11 is 0. The van der Waals surface area contributed by atoms with Gasteiger partial charge in [-0.3, -0.25) is 0 Å². The van der Waals surface area contributed by atoms with E-state index in [1.807, 2.05) is 0 Å². The molecule has 0 saturated heterocycles. The zero-order chi connectivity index (χ0) is 13.2. The van der Waals surface area contributed by atoms with Crippen LogP contribution >= 0.6 is 0 Å². The van der Waals surface area contributed by atoms with Crippen LogP contribution in [0.2, 0.25) is 0 Å². The quantitative estimate of drug-likeness (QED) is 0.781. The van der Waals surface area contributed by atoms with Crippen molar-refractivity contribution >= 4 is 0 Å². The fourth-order valence-corrected chi connectivity index (χ4v) is 3.18. The van der Waals surface area contributed by atoms with Gasteiger partial charge >= 0.3 is 0 Å². The van der Waals surface area contributed by atoms with Crippen LogP contribution in [0.5, 0.6) is 0 Å². The van der Waals surface area contributed by atoms with Crippen molar-refractivity contribution in [1.82, 2.24) is 5.32 Å². The molecule has 0 aromatic carbocycles. The van der Waals surface area contributed by atoms with Crippen LogP contribution in [0.25, 0.3) is 0 Å². The molecule has 2 fully saturated rings. The van der Waals surface area contributed by atoms with E-state index in [1.54, 1.807) is 0 Å². The first-order valence-electron chi connectivity index (χ1n) is 7.81. The molecule has 0 heterocycles. The van der Waals surface area contributed by atoms with Crippen LogP contribution in [0.15, 0.2) is 0 Å². The molecule has 0 radical (unpaired) electrons. The lowest BCUT2D eigenvalue weighted by Crippen LogP contribution is -2.39. The highest BCUT2D eigenvalue weighted by Crippen LogP contribution is 2.42. The lowest BCUT2D eigenvalue weighted by molar-refractivity contribution is -0.00144. The number of rotatable bonds is 6. The Morgan fingerprint density at radius 2 is 1.89 bits per heavy atom. The molecular formula is C16H31NO. The van der Waals surface area contributed by atoms with E-state index in [0.29, 0.717) is 11.5 Å². The summed E-state index contributed by atoms with van der Waals surface area (Å²) in [4.78, 5) is 0. The van der Waals surface area contributed by atoms with Crippen LogP contribution in [0.4, 0.5) is 0 Å². The van der Waals surface area contributed by atoms with Crippen LogP contribution in [-0.4, -0.2) is 25.3 Å². The lowest BCUT2D eigenvalue weighted by atomic mass is 9.67. The van der Waals surface area contributed by atoms with Crippen LogP contribution < -0.4 is 5.32 Å². The Morgan fingerprint density at radius 3 is 2.50 bits per heavy atom. The molecule has 2 atom stereocenters. The molecule has 0 bridgehead atoms. The zero-order valence-electron chi connectivity index (χ0n) is 12.7. The summed E-state index contributed by atoms with van der Waals surface area (Å²) in [5.41, 5.74) is 0.515. The van der Waals surface area contributed by atoms with Crippen LogP contribution in [0.1, 0.15) is 59.8 Å². The molecule has 0 aromatic rings. The van der Waals surface area contributed by atoms with E-state index in [1.165, 1.54) is 38.6 Å². The van der Waals surface area contributed by atoms with Gasteiger partial charge in [0.2, 0.25) is 0 Å². The maximum atomic E-state index is 5.90. The Balaban J connectivity index is 1.83. The third kappa shape index (κ3) is 4.55. The molecule has 2 aliphatic rings. The Bertz CT molecular complexity index is 256. The standard InChI is InChI=1S/C16H31NO/c1-12(2)18-11-14-9-16(3,4)8-7-13(14)10-17-15-5-6-15/h12-15,17H,5-11H2,1-4H3. The summed E-state index contributed by atoms with van der Waals surface area (Å²) in [7, 11) is 0. The van der Waals surface area contributed by atoms with Crippen molar-refractivity contribution in [3.8, 4) is 0 Å². The Hall–Kier alpha value is -0.0800. The fourth-order valence-electron chi connectivity index (χ4n) is 3.18. The lowest BCUT2D eigenvalue weighted by Gasteiger charge is -2.41. The van der Waals surface area contributed by atoms with Crippen molar-refractivity contribution in [3.63, 3.8) is 0 Å². The minimum absolute atomic E-state index is 0.368. The molecule has 0 aromatic heterocycles. The second-order valence-electron chi connectivity index (χ2n) is 7.49. The van der Waals surface area contributed by atoms with Crippen molar-refractivity contribution in [2.75, 3.05) is 13.2 Å². The van der Waals surface area contributed by atoms with Crippen molar-refractivity contribution in [1.29, 1.82) is 0 Å². The van der Waals surface area contributed by atoms with Gasteiger partial charge in [0.1, 0.15) is 0 Å². The van der Waals surface area contributed by atoms with E-state index in [9.17, 15) is 0 Å². The normalized spacial score (nSPS) is 31.8. The highest BCUT2D eigenvalue weighted by atomic mass is 16.5. The van der Waals surface area contributed by atoms with Gasteiger partial charge in [0.25, 0.3) is 0 Å². The number of hydrogen-bond acceptors (Lipinski definition) is 2. The predicted octanol–water partition coefficient (Wildman–Crippen LogP) is 3.61. The van der Waals surface area contributed by atoms with E-state index in [-0.39, 0.29) is 0 Å². The summed E-state index contributed by atoms with van der Waals surface area (Å²) in [5.74, 6) is 1.58. The van der Waals surface area contributed by atoms with Gasteiger partial charge < -0.3 is 10.1 Å². The molecule has 0 spiro atoms. The number of hydrogen-bond donors (Lipinski definition) is 1. The molecule has 2 aliphatic carbocycles. The molecule has 2 saturated carbocycles. The molecule has 2 nitrogen and oxygen atoms in total. The van der Waals surface area contributed by atoms with E-state index in [2.05, 4.69) is 33.0 Å². The molecule has 2 unspecified atom stereocenters. The Labute approximate surface area is 113 Å². The van der Waals surface area contributed by atoms with E-state index in [0.717, 1.165) is 24.5 Å². The highest BCUT2D eigenvalue weighted by Gasteiger charge is 2.35. The average Bonchev–Trinajstić information content (AvgIpc) is 3.08. The topological polar surface area (TPSA) is 21.3 Å². The van der Waals surface area contributed by atoms with Crippen LogP contribution in [0.3, 0.4) is 0 Å². The average molecular weight is 253 g/mol. The van der Waals surface area contributed by atoms with Gasteiger partial charge in [-0.05, 0) is 69.7 Å². The summed E-state index contributed by atoms with van der Waals surface area (Å²) in [6.07, 6.45) is 7.24. The third-order valence-electron chi connectivity index (χ3n) is 4.56. The van der Waals surface area contributed by atoms with E-state index >= 15 is 0 Å². The second kappa shape index (κ2) is 5.92. The summed E-state index contributed by atoms with van der Waals surface area (Å²) < 4.78 is 5.90. The van der Waals surface area contributed by atoms with Gasteiger partial charge in [-0.25, -0.2) is 0 Å². The Morgan fingerprint density at radius 1 is 1.17 bits per heavy atom. The molecular weight excluding hydrogens is 222 g/mol. The molecule has 18 heavy (non-hydrogen) atoms. The van der Waals surface area contributed by atoms with Crippen molar-refractivity contribution in [2.24, 2.45) is 17.3 Å². The van der Waals surface area contributed by atoms with Crippen LogP contribution in [0, 0.1) is 17.3 Å². The monoisotopic (exact) mass is 253 g/mol. The predicted molar refractivity (Wildman–Crippen MR) is 76.7 cm³/mol. The van der Waals surface area contributed by atoms with E-state index < -0.39 is 0 Å². The molecule has 2 heteroatoms. The summed E-state index contributed by atoms with van der Waals surface area (Å²) in [6.45, 7) is 11.3. The maximum Gasteiger partial charge on any atom is 0.0519 e. The zero-order valence-corrected chi connectivity index (χ0v) is 12.7. The SMILES string of the molecule is CC(C)OCC1CC(C)(C)CCC1CNC1CC1. The van der Waals surface area contributed by atoms with Gasteiger partial charge in [-0.15, -0.1) is 0 Å². The maximum absolute atomic E-state index is 5.90. The highest BCUT2D eigenvalue weighted by molar-refractivity contribution is 4.88. The smallest absolute Gasteiger partial charge is 0.0519 e. The largest absolute Gasteiger partial charge is 0.378 e. The number of nitrogens with one attached hydrogen (secondary N) is 1. The second-order valence-corrected chi connectivity index (χ2v) is 7.49. The van der Waals surface area contributed by atoms with Crippen molar-refractivity contribution < 1.29 is 4.74 Å². The Kier molecular flexibility index (Phi) is 4.71. The molecule has 106 valence electrons. The van der Waals surface area contributed by atoms with Gasteiger partial charge in [0.15, 0.2) is 0 Å². The van der Waals surface area contributed by atoms with E-state index in [4.69, 9.17) is 4.74 Å². The van der Waals surface area contributed by atoms with Gasteiger partial charge in [0, 0.05) is 6.04 Å². The van der Waals surface area contributed by atoms with Crippen LogP contribution in [-0.2, 0) is 4.74 Å². The third-order valence-corrected chi connectivity index (χ3v) is 4.56. The molecule has 0 aliphatic heterocycles. The molecule has 1 N–H and O–H groups in total. The van der Waals surface area contributed by atoms with Gasteiger partial charge in [0.05, 0.1) is 12.7 Å². The number of ether oxygens (including phenoxy) is 1. The molecule has 2 rings (SSSR count). The van der Waals surface area contributed by atoms with Crippen molar-refractivity contribution in [3.05, 3.63) is 0 Å². The minimum atomic E-state index is 0.368. The van der Waals surface area contributed by atoms with Gasteiger partial charge in [-0.1, -0.05) is 13.8 Å². The fraction of sp³-hybridized carbons (Fsp3) is 1.00. The first-order valence-corrected chi connectivity index (χ1v) is 7.81. The molecule has 0 amide bonds. The first-order chi connectivity index (χ1) is 8.46. The summed E-state index contributed by atoms with van der Waals surface area (Å²) in [5, 5.41) is 3.72.